The lowest BCUT2D eigenvalue weighted by Crippen LogP contribution is -2.00. The first kappa shape index (κ1) is 19.2. The molecular weight excluding hydrogens is 266 g/mol. The normalized spacial score (nSPS) is 11.0. The monoisotopic (exact) mass is 303 g/mol. The largest absolute Gasteiger partial charge is 0.258 e. The molecule has 0 aromatic carbocycles. The first-order valence-corrected chi connectivity index (χ1v) is 9.78. The van der Waals surface area contributed by atoms with E-state index in [0.717, 1.165) is 0 Å². The van der Waals surface area contributed by atoms with Crippen LogP contribution in [0.25, 0.3) is 0 Å². The van der Waals surface area contributed by atoms with Gasteiger partial charge in [-0.1, -0.05) is 65.7 Å². The van der Waals surface area contributed by atoms with Gasteiger partial charge in [0.05, 0.1) is 0 Å². The third-order valence-corrected chi connectivity index (χ3v) is 4.38. The van der Waals surface area contributed by atoms with Gasteiger partial charge in [0.15, 0.2) is 0 Å². The molecule has 0 bridgehead atoms. The summed E-state index contributed by atoms with van der Waals surface area (Å²) in [6.45, 7) is 6.83. The molecule has 0 amide bonds. The summed E-state index contributed by atoms with van der Waals surface area (Å²) in [6, 6.07) is 4.74. The zero-order chi connectivity index (χ0) is 16.0. The Kier molecular flexibility index (Phi) is 11.1. The Labute approximate surface area is 138 Å². The number of aryl methyl sites for hydroxylation is 3. The molecule has 1 aromatic heterocycles. The van der Waals surface area contributed by atoms with Crippen LogP contribution in [0.1, 0.15) is 102 Å². The van der Waals surface area contributed by atoms with E-state index in [0.29, 0.717) is 0 Å². The van der Waals surface area contributed by atoms with Gasteiger partial charge in [0, 0.05) is 11.4 Å². The molecule has 0 unspecified atom stereocenters. The van der Waals surface area contributed by atoms with Gasteiger partial charge >= 0.3 is 0 Å². The third-order valence-electron chi connectivity index (χ3n) is 4.38. The van der Waals surface area contributed by atoms with Crippen LogP contribution in [-0.2, 0) is 19.3 Å². The maximum absolute atomic E-state index is 4.94. The fourth-order valence-corrected chi connectivity index (χ4v) is 2.97. The van der Waals surface area contributed by atoms with Crippen LogP contribution in [0.5, 0.6) is 0 Å². The topological polar surface area (TPSA) is 12.9 Å². The molecule has 1 aromatic rings. The van der Waals surface area contributed by atoms with Crippen LogP contribution in [0, 0.1) is 0 Å². The van der Waals surface area contributed by atoms with Gasteiger partial charge < -0.3 is 0 Å². The summed E-state index contributed by atoms with van der Waals surface area (Å²) in [5.74, 6) is 0. The lowest BCUT2D eigenvalue weighted by Gasteiger charge is -2.09. The zero-order valence-electron chi connectivity index (χ0n) is 15.3. The van der Waals surface area contributed by atoms with Gasteiger partial charge in [-0.05, 0) is 56.2 Å². The molecule has 22 heavy (non-hydrogen) atoms. The number of pyridine rings is 1. The van der Waals surface area contributed by atoms with E-state index in [1.807, 2.05) is 0 Å². The fraction of sp³-hybridized carbons (Fsp3) is 0.762. The first-order valence-electron chi connectivity index (χ1n) is 9.78. The lowest BCUT2D eigenvalue weighted by atomic mass is 10.0. The lowest BCUT2D eigenvalue weighted by molar-refractivity contribution is 0.646. The molecule has 0 aliphatic carbocycles. The summed E-state index contributed by atoms with van der Waals surface area (Å²) in [5.41, 5.74) is 4.21. The second-order valence-corrected chi connectivity index (χ2v) is 6.68. The minimum atomic E-state index is 1.17. The highest BCUT2D eigenvalue weighted by Gasteiger charge is 2.04. The van der Waals surface area contributed by atoms with Crippen molar-refractivity contribution in [2.75, 3.05) is 0 Å². The van der Waals surface area contributed by atoms with Crippen molar-refractivity contribution in [3.63, 3.8) is 0 Å². The number of rotatable bonds is 13. The predicted octanol–water partition coefficient (Wildman–Crippen LogP) is 6.67. The molecule has 0 saturated carbocycles. The van der Waals surface area contributed by atoms with Gasteiger partial charge in [-0.2, -0.15) is 0 Å². The summed E-state index contributed by atoms with van der Waals surface area (Å²) in [7, 11) is 0. The standard InChI is InChI=1S/C21H37N/c1-4-7-10-12-15-20-17-19(14-9-6-3)18-21(22-20)16-13-11-8-5-2/h17-18H,4-16H2,1-3H3. The van der Waals surface area contributed by atoms with Crippen molar-refractivity contribution < 1.29 is 0 Å². The van der Waals surface area contributed by atoms with E-state index < -0.39 is 0 Å². The molecule has 0 N–H and O–H groups in total. The molecule has 0 atom stereocenters. The van der Waals surface area contributed by atoms with Gasteiger partial charge in [0.1, 0.15) is 0 Å². The van der Waals surface area contributed by atoms with Gasteiger partial charge in [0.25, 0.3) is 0 Å². The van der Waals surface area contributed by atoms with Crippen LogP contribution in [0.3, 0.4) is 0 Å². The summed E-state index contributed by atoms with van der Waals surface area (Å²) in [6.07, 6.45) is 16.8. The van der Waals surface area contributed by atoms with Gasteiger partial charge in [-0.15, -0.1) is 0 Å². The molecule has 0 radical (unpaired) electrons. The van der Waals surface area contributed by atoms with E-state index in [1.54, 1.807) is 0 Å². The van der Waals surface area contributed by atoms with Gasteiger partial charge in [-0.3, -0.25) is 4.98 Å². The quantitative estimate of drug-likeness (QED) is 0.371. The van der Waals surface area contributed by atoms with Crippen LogP contribution in [0.15, 0.2) is 12.1 Å². The van der Waals surface area contributed by atoms with Crippen molar-refractivity contribution in [2.45, 2.75) is 104 Å². The molecule has 0 saturated heterocycles. The van der Waals surface area contributed by atoms with Crippen LogP contribution >= 0.6 is 0 Å². The molecule has 1 rings (SSSR count). The smallest absolute Gasteiger partial charge is 0.0409 e. The van der Waals surface area contributed by atoms with Crippen molar-refractivity contribution in [2.24, 2.45) is 0 Å². The molecule has 0 spiro atoms. The van der Waals surface area contributed by atoms with Crippen LogP contribution in [0.4, 0.5) is 0 Å². The fourth-order valence-electron chi connectivity index (χ4n) is 2.97. The van der Waals surface area contributed by atoms with Gasteiger partial charge in [0.2, 0.25) is 0 Å². The second kappa shape index (κ2) is 12.7. The summed E-state index contributed by atoms with van der Waals surface area (Å²) in [4.78, 5) is 4.94. The van der Waals surface area contributed by atoms with Crippen molar-refractivity contribution in [1.29, 1.82) is 0 Å². The number of hydrogen-bond donors (Lipinski definition) is 0. The average Bonchev–Trinajstić information content (AvgIpc) is 2.54. The molecule has 0 aliphatic heterocycles. The molecule has 1 nitrogen and oxygen atoms in total. The minimum Gasteiger partial charge on any atom is -0.258 e. The zero-order valence-corrected chi connectivity index (χ0v) is 15.3. The van der Waals surface area contributed by atoms with E-state index in [1.165, 1.54) is 100 Å². The Morgan fingerprint density at radius 2 is 1.09 bits per heavy atom. The van der Waals surface area contributed by atoms with Gasteiger partial charge in [-0.25, -0.2) is 0 Å². The molecule has 126 valence electrons. The predicted molar refractivity (Wildman–Crippen MR) is 98.5 cm³/mol. The highest BCUT2D eigenvalue weighted by Crippen LogP contribution is 2.15. The van der Waals surface area contributed by atoms with Crippen LogP contribution in [-0.4, -0.2) is 4.98 Å². The second-order valence-electron chi connectivity index (χ2n) is 6.68. The number of nitrogens with zero attached hydrogens (tertiary/aromatic N) is 1. The Balaban J connectivity index is 2.59. The average molecular weight is 304 g/mol. The van der Waals surface area contributed by atoms with Crippen LogP contribution < -0.4 is 0 Å². The summed E-state index contributed by atoms with van der Waals surface area (Å²) >= 11 is 0. The summed E-state index contributed by atoms with van der Waals surface area (Å²) < 4.78 is 0. The maximum Gasteiger partial charge on any atom is 0.0409 e. The molecule has 0 aliphatic rings. The molecule has 1 heteroatoms. The third kappa shape index (κ3) is 8.56. The van der Waals surface area contributed by atoms with Crippen molar-refractivity contribution in [3.05, 3.63) is 29.1 Å². The highest BCUT2D eigenvalue weighted by molar-refractivity contribution is 5.22. The first-order chi connectivity index (χ1) is 10.8. The Bertz CT molecular complexity index is 353. The van der Waals surface area contributed by atoms with E-state index in [2.05, 4.69) is 32.9 Å². The minimum absolute atomic E-state index is 1.17. The van der Waals surface area contributed by atoms with E-state index in [-0.39, 0.29) is 0 Å². The van der Waals surface area contributed by atoms with Crippen molar-refractivity contribution >= 4 is 0 Å². The van der Waals surface area contributed by atoms with E-state index in [9.17, 15) is 0 Å². The SMILES string of the molecule is CCCCCCc1cc(CCCC)cc(CCCCCC)n1. The number of aromatic nitrogens is 1. The molecular formula is C21H37N. The van der Waals surface area contributed by atoms with E-state index >= 15 is 0 Å². The number of hydrogen-bond acceptors (Lipinski definition) is 1. The Morgan fingerprint density at radius 1 is 0.591 bits per heavy atom. The van der Waals surface area contributed by atoms with Crippen molar-refractivity contribution in [1.82, 2.24) is 4.98 Å². The van der Waals surface area contributed by atoms with Crippen LogP contribution in [0.2, 0.25) is 0 Å². The Hall–Kier alpha value is -0.850. The highest BCUT2D eigenvalue weighted by atomic mass is 14.7. The van der Waals surface area contributed by atoms with Crippen molar-refractivity contribution in [3.8, 4) is 0 Å². The maximum atomic E-state index is 4.94. The number of unbranched alkanes of at least 4 members (excludes halogenated alkanes) is 7. The summed E-state index contributed by atoms with van der Waals surface area (Å²) in [5, 5.41) is 0. The van der Waals surface area contributed by atoms with E-state index in [4.69, 9.17) is 4.98 Å². The molecule has 0 fully saturated rings. The Morgan fingerprint density at radius 3 is 1.55 bits per heavy atom. The molecule has 1 heterocycles.